The van der Waals surface area contributed by atoms with Crippen molar-refractivity contribution in [2.45, 2.75) is 46.1 Å². The molecule has 1 N–H and O–H groups in total. The molecule has 0 aromatic carbocycles. The number of hydrogen-bond acceptors (Lipinski definition) is 2. The zero-order chi connectivity index (χ0) is 12.4. The molecule has 1 atom stereocenters. The van der Waals surface area contributed by atoms with Gasteiger partial charge in [-0.15, -0.1) is 6.58 Å². The molecule has 0 aliphatic rings. The minimum atomic E-state index is 0.199. The average Bonchev–Trinajstić information content (AvgIpc) is 2.29. The van der Waals surface area contributed by atoms with Crippen molar-refractivity contribution in [2.24, 2.45) is 0 Å². The van der Waals surface area contributed by atoms with Crippen LogP contribution in [0.5, 0.6) is 0 Å². The van der Waals surface area contributed by atoms with Gasteiger partial charge in [-0.1, -0.05) is 26.3 Å². The van der Waals surface area contributed by atoms with Crippen molar-refractivity contribution in [1.82, 2.24) is 10.2 Å². The Bertz CT molecular complexity index is 204. The summed E-state index contributed by atoms with van der Waals surface area (Å²) in [4.78, 5) is 13.9. The highest BCUT2D eigenvalue weighted by atomic mass is 16.2. The molecular weight excluding hydrogens is 200 g/mol. The molecule has 0 saturated heterocycles. The number of carbonyl (C=O) groups excluding carboxylic acids is 1. The maximum absolute atomic E-state index is 12.0. The minimum absolute atomic E-state index is 0.199. The number of amides is 1. The third-order valence-electron chi connectivity index (χ3n) is 2.76. The van der Waals surface area contributed by atoms with Gasteiger partial charge < -0.3 is 10.2 Å². The first-order valence-corrected chi connectivity index (χ1v) is 6.28. The van der Waals surface area contributed by atoms with E-state index in [-0.39, 0.29) is 5.91 Å². The van der Waals surface area contributed by atoms with Crippen LogP contribution in [0.25, 0.3) is 0 Å². The molecule has 1 unspecified atom stereocenters. The summed E-state index contributed by atoms with van der Waals surface area (Å²) in [5.74, 6) is 0.199. The van der Waals surface area contributed by atoms with Crippen LogP contribution in [0.2, 0.25) is 0 Å². The van der Waals surface area contributed by atoms with Gasteiger partial charge in [-0.25, -0.2) is 0 Å². The van der Waals surface area contributed by atoms with Gasteiger partial charge in [0, 0.05) is 19.1 Å². The molecule has 0 aromatic heterocycles. The van der Waals surface area contributed by atoms with Crippen LogP contribution in [0.15, 0.2) is 12.7 Å². The lowest BCUT2D eigenvalue weighted by Crippen LogP contribution is -2.43. The van der Waals surface area contributed by atoms with E-state index < -0.39 is 0 Å². The second kappa shape index (κ2) is 9.40. The highest BCUT2D eigenvalue weighted by Gasteiger charge is 2.17. The van der Waals surface area contributed by atoms with Crippen molar-refractivity contribution in [3.63, 3.8) is 0 Å². The number of carbonyl (C=O) groups is 1. The minimum Gasteiger partial charge on any atom is -0.339 e. The van der Waals surface area contributed by atoms with Gasteiger partial charge in [-0.05, 0) is 19.8 Å². The van der Waals surface area contributed by atoms with Crippen LogP contribution in [-0.2, 0) is 4.79 Å². The molecule has 0 aliphatic carbocycles. The average molecular weight is 226 g/mol. The fraction of sp³-hybridized carbons (Fsp3) is 0.769. The number of nitrogens with zero attached hydrogens (tertiary/aromatic N) is 1. The molecule has 3 nitrogen and oxygen atoms in total. The van der Waals surface area contributed by atoms with E-state index >= 15 is 0 Å². The molecule has 0 saturated carbocycles. The Morgan fingerprint density at radius 3 is 2.69 bits per heavy atom. The van der Waals surface area contributed by atoms with Gasteiger partial charge in [-0.2, -0.15) is 0 Å². The van der Waals surface area contributed by atoms with Crippen molar-refractivity contribution in [3.8, 4) is 0 Å². The molecule has 0 bridgehead atoms. The zero-order valence-corrected chi connectivity index (χ0v) is 11.0. The summed E-state index contributed by atoms with van der Waals surface area (Å²) >= 11 is 0. The molecule has 0 heterocycles. The molecule has 0 rings (SSSR count). The Balaban J connectivity index is 4.14. The van der Waals surface area contributed by atoms with Crippen molar-refractivity contribution < 1.29 is 4.79 Å². The van der Waals surface area contributed by atoms with Crippen molar-refractivity contribution in [1.29, 1.82) is 0 Å². The number of nitrogens with one attached hydrogen (secondary N) is 1. The highest BCUT2D eigenvalue weighted by Crippen LogP contribution is 2.05. The fourth-order valence-electron chi connectivity index (χ4n) is 1.52. The van der Waals surface area contributed by atoms with Crippen molar-refractivity contribution in [3.05, 3.63) is 12.7 Å². The maximum Gasteiger partial charge on any atom is 0.236 e. The molecular formula is C13H26N2O. The predicted molar refractivity (Wildman–Crippen MR) is 69.4 cm³/mol. The van der Waals surface area contributed by atoms with E-state index in [1.54, 1.807) is 6.08 Å². The normalized spacial score (nSPS) is 12.2. The van der Waals surface area contributed by atoms with Gasteiger partial charge >= 0.3 is 0 Å². The van der Waals surface area contributed by atoms with Crippen LogP contribution in [0, 0.1) is 0 Å². The molecule has 0 aromatic rings. The third kappa shape index (κ3) is 5.91. The molecule has 94 valence electrons. The number of unbranched alkanes of at least 4 members (excludes halogenated alkanes) is 1. The summed E-state index contributed by atoms with van der Waals surface area (Å²) in [5, 5.41) is 3.06. The van der Waals surface area contributed by atoms with Gasteiger partial charge in [0.05, 0.1) is 6.54 Å². The summed E-state index contributed by atoms with van der Waals surface area (Å²) in [6, 6.07) is 0.338. The smallest absolute Gasteiger partial charge is 0.236 e. The van der Waals surface area contributed by atoms with Gasteiger partial charge in [0.2, 0.25) is 5.91 Å². The maximum atomic E-state index is 12.0. The number of hydrogen-bond donors (Lipinski definition) is 1. The van der Waals surface area contributed by atoms with E-state index in [0.29, 0.717) is 19.1 Å². The fourth-order valence-corrected chi connectivity index (χ4v) is 1.52. The Hall–Kier alpha value is -0.830. The van der Waals surface area contributed by atoms with Gasteiger partial charge in [0.25, 0.3) is 0 Å². The first-order valence-electron chi connectivity index (χ1n) is 6.28. The van der Waals surface area contributed by atoms with Crippen LogP contribution in [0.1, 0.15) is 40.0 Å². The Labute approximate surface area is 99.9 Å². The molecule has 0 radical (unpaired) electrons. The topological polar surface area (TPSA) is 32.3 Å². The lowest BCUT2D eigenvalue weighted by molar-refractivity contribution is -0.132. The summed E-state index contributed by atoms with van der Waals surface area (Å²) < 4.78 is 0. The van der Waals surface area contributed by atoms with E-state index in [9.17, 15) is 4.79 Å². The quantitative estimate of drug-likeness (QED) is 0.483. The Morgan fingerprint density at radius 1 is 1.50 bits per heavy atom. The SMILES string of the molecule is C=CCNCC(=O)N(CCCC)C(C)CC. The van der Waals surface area contributed by atoms with E-state index in [2.05, 4.69) is 32.7 Å². The summed E-state index contributed by atoms with van der Waals surface area (Å²) in [5.41, 5.74) is 0. The first kappa shape index (κ1) is 15.2. The van der Waals surface area contributed by atoms with Gasteiger partial charge in [-0.3, -0.25) is 4.79 Å². The van der Waals surface area contributed by atoms with Crippen LogP contribution in [0.4, 0.5) is 0 Å². The van der Waals surface area contributed by atoms with E-state index in [1.165, 1.54) is 0 Å². The van der Waals surface area contributed by atoms with Crippen molar-refractivity contribution in [2.75, 3.05) is 19.6 Å². The summed E-state index contributed by atoms with van der Waals surface area (Å²) in [6.45, 7) is 12.0. The molecule has 0 fully saturated rings. The molecule has 0 spiro atoms. The Morgan fingerprint density at radius 2 is 2.19 bits per heavy atom. The van der Waals surface area contributed by atoms with E-state index in [0.717, 1.165) is 25.8 Å². The molecule has 16 heavy (non-hydrogen) atoms. The molecule has 1 amide bonds. The molecule has 3 heteroatoms. The van der Waals surface area contributed by atoms with Crippen molar-refractivity contribution >= 4 is 5.91 Å². The van der Waals surface area contributed by atoms with E-state index in [1.807, 2.05) is 4.90 Å². The number of rotatable bonds is 9. The van der Waals surface area contributed by atoms with Crippen LogP contribution < -0.4 is 5.32 Å². The predicted octanol–water partition coefficient (Wildman–Crippen LogP) is 2.19. The van der Waals surface area contributed by atoms with Gasteiger partial charge in [0.15, 0.2) is 0 Å². The lowest BCUT2D eigenvalue weighted by Gasteiger charge is -2.28. The lowest BCUT2D eigenvalue weighted by atomic mass is 10.2. The molecule has 0 aliphatic heterocycles. The van der Waals surface area contributed by atoms with Gasteiger partial charge in [0.1, 0.15) is 0 Å². The monoisotopic (exact) mass is 226 g/mol. The largest absolute Gasteiger partial charge is 0.339 e. The van der Waals surface area contributed by atoms with E-state index in [4.69, 9.17) is 0 Å². The standard InChI is InChI=1S/C13H26N2O/c1-5-8-10-15(12(4)7-3)13(16)11-14-9-6-2/h6,12,14H,2,5,7-11H2,1,3-4H3. The second-order valence-electron chi connectivity index (χ2n) is 4.12. The van der Waals surface area contributed by atoms with Crippen LogP contribution >= 0.6 is 0 Å². The van der Waals surface area contributed by atoms with Crippen LogP contribution in [-0.4, -0.2) is 36.5 Å². The van der Waals surface area contributed by atoms with Crippen LogP contribution in [0.3, 0.4) is 0 Å². The zero-order valence-electron chi connectivity index (χ0n) is 11.0. The second-order valence-corrected chi connectivity index (χ2v) is 4.12. The summed E-state index contributed by atoms with van der Waals surface area (Å²) in [7, 11) is 0. The summed E-state index contributed by atoms with van der Waals surface area (Å²) in [6.07, 6.45) is 4.99. The first-order chi connectivity index (χ1) is 7.67. The third-order valence-corrected chi connectivity index (χ3v) is 2.76. The Kier molecular flexibility index (Phi) is 8.91. The highest BCUT2D eigenvalue weighted by molar-refractivity contribution is 5.78.